The van der Waals surface area contributed by atoms with Gasteiger partial charge in [0, 0.05) is 6.54 Å². The number of rotatable bonds is 3. The van der Waals surface area contributed by atoms with Crippen molar-refractivity contribution in [2.75, 3.05) is 11.9 Å². The highest BCUT2D eigenvalue weighted by Gasteiger charge is 2.20. The molecule has 104 valence electrons. The van der Waals surface area contributed by atoms with E-state index in [2.05, 4.69) is 55.0 Å². The Balaban J connectivity index is 2.51. The van der Waals surface area contributed by atoms with E-state index in [9.17, 15) is 0 Å². The Labute approximate surface area is 118 Å². The van der Waals surface area contributed by atoms with E-state index in [-0.39, 0.29) is 10.8 Å². The number of anilines is 1. The maximum atomic E-state index is 6.01. The lowest BCUT2D eigenvalue weighted by Crippen LogP contribution is -2.23. The monoisotopic (exact) mass is 281 g/mol. The van der Waals surface area contributed by atoms with Crippen molar-refractivity contribution in [3.8, 4) is 0 Å². The summed E-state index contributed by atoms with van der Waals surface area (Å²) in [5.41, 5.74) is 0.619. The lowest BCUT2D eigenvalue weighted by molar-refractivity contribution is 0.366. The fourth-order valence-electron chi connectivity index (χ4n) is 1.81. The van der Waals surface area contributed by atoms with E-state index in [1.807, 2.05) is 4.68 Å². The first-order valence-electron chi connectivity index (χ1n) is 6.44. The average molecular weight is 282 g/mol. The van der Waals surface area contributed by atoms with E-state index >= 15 is 0 Å². The summed E-state index contributed by atoms with van der Waals surface area (Å²) in [5, 5.41) is 8.86. The highest BCUT2D eigenvalue weighted by Crippen LogP contribution is 2.26. The number of fused-ring (bicyclic) bond motifs is 1. The van der Waals surface area contributed by atoms with Gasteiger partial charge in [-0.25, -0.2) is 4.68 Å². The van der Waals surface area contributed by atoms with Gasteiger partial charge in [0.1, 0.15) is 5.82 Å². The van der Waals surface area contributed by atoms with Gasteiger partial charge in [0.25, 0.3) is 0 Å². The number of hydrogen-bond acceptors (Lipinski definition) is 4. The van der Waals surface area contributed by atoms with Crippen LogP contribution in [0.15, 0.2) is 6.20 Å². The SMILES string of the molecule is CC(C)CNc1nc(Cl)nc2c1cnn2C(C)(C)C. The third-order valence-corrected chi connectivity index (χ3v) is 2.88. The molecular formula is C13H20ClN5. The largest absolute Gasteiger partial charge is 0.369 e. The molecule has 0 aliphatic carbocycles. The van der Waals surface area contributed by atoms with Gasteiger partial charge in [0.15, 0.2) is 5.65 Å². The normalized spacial score (nSPS) is 12.4. The smallest absolute Gasteiger partial charge is 0.226 e. The van der Waals surface area contributed by atoms with Gasteiger partial charge in [-0.05, 0) is 38.3 Å². The summed E-state index contributed by atoms with van der Waals surface area (Å²) < 4.78 is 1.87. The Morgan fingerprint density at radius 3 is 2.58 bits per heavy atom. The summed E-state index contributed by atoms with van der Waals surface area (Å²) in [5.74, 6) is 1.28. The Bertz CT molecular complexity index is 582. The molecule has 0 saturated carbocycles. The highest BCUT2D eigenvalue weighted by atomic mass is 35.5. The van der Waals surface area contributed by atoms with Crippen LogP contribution in [0.5, 0.6) is 0 Å². The molecule has 2 heterocycles. The summed E-state index contributed by atoms with van der Waals surface area (Å²) in [6.45, 7) is 11.4. The van der Waals surface area contributed by atoms with Crippen molar-refractivity contribution in [1.29, 1.82) is 0 Å². The second kappa shape index (κ2) is 4.96. The van der Waals surface area contributed by atoms with E-state index < -0.39 is 0 Å². The van der Waals surface area contributed by atoms with E-state index in [4.69, 9.17) is 11.6 Å². The molecule has 0 atom stereocenters. The van der Waals surface area contributed by atoms with Crippen LogP contribution in [0.1, 0.15) is 34.6 Å². The van der Waals surface area contributed by atoms with Crippen LogP contribution >= 0.6 is 11.6 Å². The second-order valence-corrected chi connectivity index (χ2v) is 6.42. The lowest BCUT2D eigenvalue weighted by Gasteiger charge is -2.19. The van der Waals surface area contributed by atoms with Crippen LogP contribution in [-0.4, -0.2) is 26.3 Å². The molecule has 0 fully saturated rings. The van der Waals surface area contributed by atoms with Crippen LogP contribution < -0.4 is 5.32 Å². The number of hydrogen-bond donors (Lipinski definition) is 1. The molecule has 0 aromatic carbocycles. The van der Waals surface area contributed by atoms with E-state index in [1.54, 1.807) is 6.20 Å². The van der Waals surface area contributed by atoms with Gasteiger partial charge in [0.05, 0.1) is 17.1 Å². The van der Waals surface area contributed by atoms with Gasteiger partial charge in [0.2, 0.25) is 5.28 Å². The number of nitrogens with one attached hydrogen (secondary N) is 1. The van der Waals surface area contributed by atoms with Crippen molar-refractivity contribution in [2.45, 2.75) is 40.2 Å². The molecule has 2 aromatic heterocycles. The Morgan fingerprint density at radius 1 is 1.32 bits per heavy atom. The zero-order valence-corrected chi connectivity index (χ0v) is 12.8. The molecule has 0 saturated heterocycles. The molecule has 6 heteroatoms. The Hall–Kier alpha value is -1.36. The summed E-state index contributed by atoms with van der Waals surface area (Å²) in [6, 6.07) is 0. The van der Waals surface area contributed by atoms with Gasteiger partial charge >= 0.3 is 0 Å². The van der Waals surface area contributed by atoms with Crippen LogP contribution in [0.25, 0.3) is 11.0 Å². The van der Waals surface area contributed by atoms with Crippen molar-refractivity contribution in [3.05, 3.63) is 11.5 Å². The number of nitrogens with zero attached hydrogens (tertiary/aromatic N) is 4. The minimum atomic E-state index is -0.144. The first-order valence-corrected chi connectivity index (χ1v) is 6.82. The topological polar surface area (TPSA) is 55.6 Å². The summed E-state index contributed by atoms with van der Waals surface area (Å²) in [7, 11) is 0. The van der Waals surface area contributed by atoms with Crippen molar-refractivity contribution < 1.29 is 0 Å². The molecule has 0 unspecified atom stereocenters. The zero-order chi connectivity index (χ0) is 14.2. The molecule has 0 aliphatic heterocycles. The van der Waals surface area contributed by atoms with E-state index in [1.165, 1.54) is 0 Å². The molecule has 0 aliphatic rings. The molecule has 0 radical (unpaired) electrons. The van der Waals surface area contributed by atoms with Crippen LogP contribution in [0.3, 0.4) is 0 Å². The van der Waals surface area contributed by atoms with Gasteiger partial charge < -0.3 is 5.32 Å². The first-order chi connectivity index (χ1) is 8.79. The molecule has 0 spiro atoms. The van der Waals surface area contributed by atoms with Crippen molar-refractivity contribution in [1.82, 2.24) is 19.7 Å². The minimum Gasteiger partial charge on any atom is -0.369 e. The predicted octanol–water partition coefficient (Wildman–Crippen LogP) is 3.30. The molecule has 2 rings (SSSR count). The van der Waals surface area contributed by atoms with Crippen molar-refractivity contribution >= 4 is 28.5 Å². The summed E-state index contributed by atoms with van der Waals surface area (Å²) >= 11 is 6.01. The van der Waals surface area contributed by atoms with Crippen LogP contribution in [-0.2, 0) is 5.54 Å². The molecule has 0 bridgehead atoms. The molecule has 5 nitrogen and oxygen atoms in total. The van der Waals surface area contributed by atoms with Gasteiger partial charge in [-0.3, -0.25) is 0 Å². The average Bonchev–Trinajstić information content (AvgIpc) is 2.68. The van der Waals surface area contributed by atoms with Gasteiger partial charge in [-0.1, -0.05) is 13.8 Å². The first kappa shape index (κ1) is 14.1. The third kappa shape index (κ3) is 2.97. The molecule has 2 aromatic rings. The third-order valence-electron chi connectivity index (χ3n) is 2.71. The van der Waals surface area contributed by atoms with Crippen molar-refractivity contribution in [2.24, 2.45) is 5.92 Å². The Kier molecular flexibility index (Phi) is 3.67. The number of aromatic nitrogens is 4. The van der Waals surface area contributed by atoms with Crippen LogP contribution in [0, 0.1) is 5.92 Å². The maximum absolute atomic E-state index is 6.01. The Morgan fingerprint density at radius 2 is 2.00 bits per heavy atom. The lowest BCUT2D eigenvalue weighted by atomic mass is 10.1. The standard InChI is InChI=1S/C13H20ClN5/c1-8(2)6-15-10-9-7-16-19(13(3,4)5)11(9)18-12(14)17-10/h7-8H,6H2,1-5H3,(H,15,17,18). The molecule has 19 heavy (non-hydrogen) atoms. The van der Waals surface area contributed by atoms with Gasteiger partial charge in [-0.15, -0.1) is 0 Å². The summed E-state index contributed by atoms with van der Waals surface area (Å²) in [4.78, 5) is 8.56. The predicted molar refractivity (Wildman–Crippen MR) is 78.7 cm³/mol. The minimum absolute atomic E-state index is 0.144. The number of halogens is 1. The zero-order valence-electron chi connectivity index (χ0n) is 12.0. The van der Waals surface area contributed by atoms with Crippen LogP contribution in [0.2, 0.25) is 5.28 Å². The summed E-state index contributed by atoms with van der Waals surface area (Å²) in [6.07, 6.45) is 1.79. The van der Waals surface area contributed by atoms with Crippen molar-refractivity contribution in [3.63, 3.8) is 0 Å². The molecular weight excluding hydrogens is 262 g/mol. The second-order valence-electron chi connectivity index (χ2n) is 6.08. The fraction of sp³-hybridized carbons (Fsp3) is 0.615. The fourth-order valence-corrected chi connectivity index (χ4v) is 1.97. The van der Waals surface area contributed by atoms with E-state index in [0.717, 1.165) is 23.4 Å². The highest BCUT2D eigenvalue weighted by molar-refractivity contribution is 6.28. The van der Waals surface area contributed by atoms with E-state index in [0.29, 0.717) is 5.92 Å². The molecule has 1 N–H and O–H groups in total. The maximum Gasteiger partial charge on any atom is 0.226 e. The quantitative estimate of drug-likeness (QED) is 0.877. The van der Waals surface area contributed by atoms with Gasteiger partial charge in [-0.2, -0.15) is 15.1 Å². The van der Waals surface area contributed by atoms with Crippen LogP contribution in [0.4, 0.5) is 5.82 Å². The molecule has 0 amide bonds.